The minimum absolute atomic E-state index is 0.0672. The lowest BCUT2D eigenvalue weighted by Gasteiger charge is -2.20. The molecule has 0 aromatic heterocycles. The summed E-state index contributed by atoms with van der Waals surface area (Å²) in [7, 11) is 1.57. The summed E-state index contributed by atoms with van der Waals surface area (Å²) in [6.45, 7) is 1.65. The van der Waals surface area contributed by atoms with Crippen molar-refractivity contribution in [3.8, 4) is 5.75 Å². The summed E-state index contributed by atoms with van der Waals surface area (Å²) in [5, 5.41) is 2.85. The molecular weight excluding hydrogens is 328 g/mol. The number of rotatable bonds is 4. The molecule has 2 aromatic carbocycles. The van der Waals surface area contributed by atoms with E-state index in [9.17, 15) is 9.59 Å². The van der Waals surface area contributed by atoms with Crippen LogP contribution in [0.25, 0.3) is 0 Å². The zero-order chi connectivity index (χ0) is 18.4. The second kappa shape index (κ2) is 8.52. The van der Waals surface area contributed by atoms with Gasteiger partial charge in [0.15, 0.2) is 0 Å². The smallest absolute Gasteiger partial charge is 0.255 e. The van der Waals surface area contributed by atoms with E-state index in [1.54, 1.807) is 55.6 Å². The van der Waals surface area contributed by atoms with Crippen LogP contribution in [0.1, 0.15) is 46.4 Å². The summed E-state index contributed by atoms with van der Waals surface area (Å²) in [6.07, 6.45) is 4.53. The molecule has 26 heavy (non-hydrogen) atoms. The van der Waals surface area contributed by atoms with Crippen LogP contribution in [-0.4, -0.2) is 36.9 Å². The maximum atomic E-state index is 12.6. The van der Waals surface area contributed by atoms with Crippen LogP contribution in [0.5, 0.6) is 5.75 Å². The SMILES string of the molecule is COc1cccc(C(=O)Nc2ccc(C(=O)N3CCCCCC3)cc2)c1. The Bertz CT molecular complexity index is 763. The van der Waals surface area contributed by atoms with Crippen molar-refractivity contribution in [3.05, 3.63) is 59.7 Å². The number of likely N-dealkylation sites (tertiary alicyclic amines) is 1. The van der Waals surface area contributed by atoms with Crippen LogP contribution >= 0.6 is 0 Å². The fourth-order valence-electron chi connectivity index (χ4n) is 3.12. The molecule has 1 aliphatic rings. The first-order chi connectivity index (χ1) is 12.7. The van der Waals surface area contributed by atoms with Gasteiger partial charge in [-0.25, -0.2) is 0 Å². The highest BCUT2D eigenvalue weighted by molar-refractivity contribution is 6.04. The van der Waals surface area contributed by atoms with Crippen molar-refractivity contribution in [1.82, 2.24) is 4.90 Å². The largest absolute Gasteiger partial charge is 0.497 e. The second-order valence-corrected chi connectivity index (χ2v) is 6.47. The number of methoxy groups -OCH3 is 1. The van der Waals surface area contributed by atoms with Gasteiger partial charge >= 0.3 is 0 Å². The number of carbonyl (C=O) groups is 2. The monoisotopic (exact) mass is 352 g/mol. The van der Waals surface area contributed by atoms with E-state index in [4.69, 9.17) is 4.74 Å². The second-order valence-electron chi connectivity index (χ2n) is 6.47. The highest BCUT2D eigenvalue weighted by Gasteiger charge is 2.17. The van der Waals surface area contributed by atoms with Crippen LogP contribution in [0, 0.1) is 0 Å². The van der Waals surface area contributed by atoms with E-state index in [1.165, 1.54) is 12.8 Å². The van der Waals surface area contributed by atoms with Gasteiger partial charge < -0.3 is 15.0 Å². The molecule has 0 aliphatic carbocycles. The molecule has 5 heteroatoms. The molecule has 0 saturated carbocycles. The zero-order valence-electron chi connectivity index (χ0n) is 15.0. The summed E-state index contributed by atoms with van der Waals surface area (Å²) < 4.78 is 5.14. The quantitative estimate of drug-likeness (QED) is 0.906. The summed E-state index contributed by atoms with van der Waals surface area (Å²) >= 11 is 0. The lowest BCUT2D eigenvalue weighted by atomic mass is 10.1. The molecule has 1 saturated heterocycles. The Balaban J connectivity index is 1.65. The predicted octanol–water partition coefficient (Wildman–Crippen LogP) is 3.96. The van der Waals surface area contributed by atoms with Gasteiger partial charge in [-0.1, -0.05) is 18.9 Å². The van der Waals surface area contributed by atoms with E-state index in [2.05, 4.69) is 5.32 Å². The molecule has 1 heterocycles. The van der Waals surface area contributed by atoms with Crippen molar-refractivity contribution >= 4 is 17.5 Å². The topological polar surface area (TPSA) is 58.6 Å². The lowest BCUT2D eigenvalue weighted by Crippen LogP contribution is -2.31. The number of amides is 2. The minimum atomic E-state index is -0.213. The van der Waals surface area contributed by atoms with Gasteiger partial charge in [0, 0.05) is 29.9 Å². The highest BCUT2D eigenvalue weighted by Crippen LogP contribution is 2.17. The first-order valence-electron chi connectivity index (χ1n) is 9.02. The van der Waals surface area contributed by atoms with Crippen molar-refractivity contribution in [1.29, 1.82) is 0 Å². The number of ether oxygens (including phenoxy) is 1. The van der Waals surface area contributed by atoms with Crippen molar-refractivity contribution in [2.75, 3.05) is 25.5 Å². The molecule has 0 unspecified atom stereocenters. The summed E-state index contributed by atoms with van der Waals surface area (Å²) in [6, 6.07) is 14.1. The summed E-state index contributed by atoms with van der Waals surface area (Å²) in [4.78, 5) is 26.9. The number of anilines is 1. The van der Waals surface area contributed by atoms with Gasteiger partial charge in [0.25, 0.3) is 11.8 Å². The van der Waals surface area contributed by atoms with E-state index >= 15 is 0 Å². The number of hydrogen-bond acceptors (Lipinski definition) is 3. The van der Waals surface area contributed by atoms with Crippen molar-refractivity contribution in [2.24, 2.45) is 0 Å². The molecule has 3 rings (SSSR count). The van der Waals surface area contributed by atoms with Crippen molar-refractivity contribution in [3.63, 3.8) is 0 Å². The Morgan fingerprint density at radius 2 is 1.62 bits per heavy atom. The molecule has 5 nitrogen and oxygen atoms in total. The van der Waals surface area contributed by atoms with Crippen LogP contribution in [0.2, 0.25) is 0 Å². The predicted molar refractivity (Wildman–Crippen MR) is 102 cm³/mol. The Kier molecular flexibility index (Phi) is 5.89. The Labute approximate surface area is 154 Å². The minimum Gasteiger partial charge on any atom is -0.497 e. The van der Waals surface area contributed by atoms with E-state index < -0.39 is 0 Å². The Morgan fingerprint density at radius 3 is 2.27 bits per heavy atom. The van der Waals surface area contributed by atoms with Gasteiger partial charge in [-0.3, -0.25) is 9.59 Å². The maximum absolute atomic E-state index is 12.6. The Hall–Kier alpha value is -2.82. The summed E-state index contributed by atoms with van der Waals surface area (Å²) in [5.41, 5.74) is 1.84. The Morgan fingerprint density at radius 1 is 0.923 bits per heavy atom. The molecule has 2 aromatic rings. The van der Waals surface area contributed by atoms with Crippen LogP contribution < -0.4 is 10.1 Å². The normalized spacial score (nSPS) is 14.4. The van der Waals surface area contributed by atoms with Crippen LogP contribution in [-0.2, 0) is 0 Å². The average molecular weight is 352 g/mol. The molecule has 0 radical (unpaired) electrons. The number of nitrogens with zero attached hydrogens (tertiary/aromatic N) is 1. The fraction of sp³-hybridized carbons (Fsp3) is 0.333. The maximum Gasteiger partial charge on any atom is 0.255 e. The van der Waals surface area contributed by atoms with E-state index in [-0.39, 0.29) is 11.8 Å². The molecule has 1 aliphatic heterocycles. The third-order valence-electron chi connectivity index (χ3n) is 4.61. The molecule has 0 bridgehead atoms. The standard InChI is InChI=1S/C21H24N2O3/c1-26-19-8-6-7-17(15-19)20(24)22-18-11-9-16(10-12-18)21(25)23-13-4-2-3-5-14-23/h6-12,15H,2-5,13-14H2,1H3,(H,22,24). The summed E-state index contributed by atoms with van der Waals surface area (Å²) in [5.74, 6) is 0.490. The third-order valence-corrected chi connectivity index (χ3v) is 4.61. The van der Waals surface area contributed by atoms with Crippen LogP contribution in [0.3, 0.4) is 0 Å². The van der Waals surface area contributed by atoms with Crippen molar-refractivity contribution in [2.45, 2.75) is 25.7 Å². The van der Waals surface area contributed by atoms with Gasteiger partial charge in [-0.2, -0.15) is 0 Å². The number of nitrogens with one attached hydrogen (secondary N) is 1. The first-order valence-corrected chi connectivity index (χ1v) is 9.02. The van der Waals surface area contributed by atoms with E-state index in [1.807, 2.05) is 4.90 Å². The lowest BCUT2D eigenvalue weighted by molar-refractivity contribution is 0.0761. The number of hydrogen-bond donors (Lipinski definition) is 1. The molecule has 0 spiro atoms. The highest BCUT2D eigenvalue weighted by atomic mass is 16.5. The molecule has 1 N–H and O–H groups in total. The molecular formula is C21H24N2O3. The van der Waals surface area contributed by atoms with Gasteiger partial charge in [0.2, 0.25) is 0 Å². The number of carbonyl (C=O) groups excluding carboxylic acids is 2. The van der Waals surface area contributed by atoms with Crippen molar-refractivity contribution < 1.29 is 14.3 Å². The zero-order valence-corrected chi connectivity index (χ0v) is 15.0. The molecule has 0 atom stereocenters. The van der Waals surface area contributed by atoms with Gasteiger partial charge in [0.1, 0.15) is 5.75 Å². The van der Waals surface area contributed by atoms with Gasteiger partial charge in [0.05, 0.1) is 7.11 Å². The van der Waals surface area contributed by atoms with Gasteiger partial charge in [-0.05, 0) is 55.3 Å². The molecule has 2 amide bonds. The van der Waals surface area contributed by atoms with E-state index in [0.717, 1.165) is 25.9 Å². The average Bonchev–Trinajstić information content (AvgIpc) is 2.97. The van der Waals surface area contributed by atoms with Gasteiger partial charge in [-0.15, -0.1) is 0 Å². The number of benzene rings is 2. The molecule has 136 valence electrons. The van der Waals surface area contributed by atoms with E-state index in [0.29, 0.717) is 22.6 Å². The first kappa shape index (κ1) is 18.0. The van der Waals surface area contributed by atoms with Crippen LogP contribution in [0.4, 0.5) is 5.69 Å². The molecule has 1 fully saturated rings. The third kappa shape index (κ3) is 4.42. The fourth-order valence-corrected chi connectivity index (χ4v) is 3.12. The van der Waals surface area contributed by atoms with Crippen LogP contribution in [0.15, 0.2) is 48.5 Å².